The third-order valence-electron chi connectivity index (χ3n) is 5.54. The van der Waals surface area contributed by atoms with E-state index in [2.05, 4.69) is 26.8 Å². The number of hydrogen-bond acceptors (Lipinski definition) is 6. The first kappa shape index (κ1) is 23.3. The molecule has 9 nitrogen and oxygen atoms in total. The van der Waals surface area contributed by atoms with E-state index in [9.17, 15) is 14.4 Å². The van der Waals surface area contributed by atoms with Crippen molar-refractivity contribution in [1.82, 2.24) is 30.1 Å². The molecule has 2 aromatic rings. The predicted octanol–water partition coefficient (Wildman–Crippen LogP) is 2.17. The van der Waals surface area contributed by atoms with Crippen molar-refractivity contribution in [2.45, 2.75) is 32.9 Å². The van der Waals surface area contributed by atoms with Gasteiger partial charge in [-0.15, -0.1) is 0 Å². The van der Waals surface area contributed by atoms with Crippen LogP contribution in [0.25, 0.3) is 11.4 Å². The van der Waals surface area contributed by atoms with Crippen LogP contribution in [0.4, 0.5) is 0 Å². The molecule has 1 aliphatic rings. The third kappa shape index (κ3) is 4.47. The lowest BCUT2D eigenvalue weighted by atomic mass is 9.95. The molecule has 0 bridgehead atoms. The van der Waals surface area contributed by atoms with Crippen molar-refractivity contribution in [3.63, 3.8) is 0 Å². The second-order valence-electron chi connectivity index (χ2n) is 7.62. The molecule has 0 spiro atoms. The summed E-state index contributed by atoms with van der Waals surface area (Å²) in [6.45, 7) is 9.51. The molecule has 1 saturated heterocycles. The van der Waals surface area contributed by atoms with Gasteiger partial charge in [0.25, 0.3) is 5.91 Å². The van der Waals surface area contributed by atoms with Crippen molar-refractivity contribution in [1.29, 1.82) is 0 Å². The van der Waals surface area contributed by atoms with Gasteiger partial charge in [-0.1, -0.05) is 18.2 Å². The topological polar surface area (TPSA) is 108 Å². The molecule has 3 amide bonds. The van der Waals surface area contributed by atoms with Crippen LogP contribution in [0.2, 0.25) is 5.15 Å². The van der Waals surface area contributed by atoms with E-state index in [0.29, 0.717) is 30.0 Å². The molecule has 3 rings (SSSR count). The fourth-order valence-electron chi connectivity index (χ4n) is 4.00. The van der Waals surface area contributed by atoms with E-state index in [1.165, 1.54) is 32.4 Å². The van der Waals surface area contributed by atoms with Gasteiger partial charge in [0, 0.05) is 33.1 Å². The molecule has 1 aliphatic heterocycles. The van der Waals surface area contributed by atoms with Gasteiger partial charge < -0.3 is 15.1 Å². The zero-order chi connectivity index (χ0) is 23.6. The molecule has 32 heavy (non-hydrogen) atoms. The predicted molar refractivity (Wildman–Crippen MR) is 120 cm³/mol. The van der Waals surface area contributed by atoms with Crippen LogP contribution in [0.15, 0.2) is 31.1 Å². The van der Waals surface area contributed by atoms with E-state index in [4.69, 9.17) is 11.6 Å². The zero-order valence-corrected chi connectivity index (χ0v) is 19.2. The summed E-state index contributed by atoms with van der Waals surface area (Å²) < 4.78 is 0. The van der Waals surface area contributed by atoms with E-state index in [1.54, 1.807) is 15.9 Å². The molecule has 2 atom stereocenters. The van der Waals surface area contributed by atoms with Crippen LogP contribution in [0.3, 0.4) is 0 Å². The minimum atomic E-state index is -0.431. The maximum Gasteiger partial charge on any atom is 0.269 e. The quantitative estimate of drug-likeness (QED) is 0.558. The minimum absolute atomic E-state index is 0.106. The highest BCUT2D eigenvalue weighted by Crippen LogP contribution is 2.35. The third-order valence-corrected chi connectivity index (χ3v) is 5.91. The monoisotopic (exact) mass is 456 g/mol. The lowest BCUT2D eigenvalue weighted by Crippen LogP contribution is -2.56. The number of nitrogens with zero attached hydrogens (tertiary/aromatic N) is 5. The molecule has 1 fully saturated rings. The second-order valence-corrected chi connectivity index (χ2v) is 7.98. The Morgan fingerprint density at radius 2 is 1.94 bits per heavy atom. The summed E-state index contributed by atoms with van der Waals surface area (Å²) in [5, 5.41) is 2.77. The molecule has 0 unspecified atom stereocenters. The van der Waals surface area contributed by atoms with E-state index in [0.717, 1.165) is 5.56 Å². The fraction of sp³-hybridized carbons (Fsp3) is 0.364. The molecule has 0 radical (unpaired) electrons. The number of piperazine rings is 1. The van der Waals surface area contributed by atoms with Crippen molar-refractivity contribution in [2.24, 2.45) is 0 Å². The Labute approximate surface area is 191 Å². The average molecular weight is 457 g/mol. The molecule has 0 aromatic carbocycles. The number of carbonyl (C=O) groups excluding carboxylic acids is 3. The fourth-order valence-corrected chi connectivity index (χ4v) is 4.20. The Morgan fingerprint density at radius 3 is 2.56 bits per heavy atom. The number of carbonyl (C=O) groups is 3. The first-order valence-corrected chi connectivity index (χ1v) is 10.5. The number of hydrogen-bond donors (Lipinski definition) is 1. The zero-order valence-electron chi connectivity index (χ0n) is 18.4. The van der Waals surface area contributed by atoms with Crippen LogP contribution in [-0.4, -0.2) is 68.7 Å². The average Bonchev–Trinajstić information content (AvgIpc) is 2.78. The Kier molecular flexibility index (Phi) is 6.88. The van der Waals surface area contributed by atoms with Crippen LogP contribution >= 0.6 is 11.6 Å². The van der Waals surface area contributed by atoms with Crippen LogP contribution in [0.5, 0.6) is 0 Å². The van der Waals surface area contributed by atoms with Crippen molar-refractivity contribution < 1.29 is 14.4 Å². The lowest BCUT2D eigenvalue weighted by molar-refractivity contribution is -0.143. The van der Waals surface area contributed by atoms with Gasteiger partial charge in [-0.25, -0.2) is 15.0 Å². The highest BCUT2D eigenvalue weighted by Gasteiger charge is 2.37. The molecule has 10 heteroatoms. The Morgan fingerprint density at radius 1 is 1.22 bits per heavy atom. The number of pyridine rings is 1. The number of amides is 3. The Hall–Kier alpha value is -3.33. The molecule has 1 N–H and O–H groups in total. The van der Waals surface area contributed by atoms with E-state index < -0.39 is 6.04 Å². The van der Waals surface area contributed by atoms with Gasteiger partial charge >= 0.3 is 0 Å². The summed E-state index contributed by atoms with van der Waals surface area (Å²) >= 11 is 6.47. The molecule has 168 valence electrons. The highest BCUT2D eigenvalue weighted by atomic mass is 35.5. The molecular formula is C22H25ClN6O3. The van der Waals surface area contributed by atoms with Crippen LogP contribution in [0, 0.1) is 6.92 Å². The van der Waals surface area contributed by atoms with E-state index in [-0.39, 0.29) is 34.6 Å². The van der Waals surface area contributed by atoms with Crippen molar-refractivity contribution >= 4 is 29.3 Å². The standard InChI is InChI=1S/C22H25ClN6O3/c1-6-20(31)28-9-12(2)29(14(4)30)19(10-28)15-7-17(27-21(23)13(15)3)16-8-18(22(32)24-5)26-11-25-16/h6-8,11-12,19H,1,9-10H2,2-5H3,(H,24,32)/t12-,19+/m1/s1. The maximum absolute atomic E-state index is 12.5. The second kappa shape index (κ2) is 9.44. The normalized spacial score (nSPS) is 18.3. The first-order valence-electron chi connectivity index (χ1n) is 10.1. The summed E-state index contributed by atoms with van der Waals surface area (Å²) in [7, 11) is 1.51. The number of aromatic nitrogens is 3. The first-order chi connectivity index (χ1) is 15.2. The van der Waals surface area contributed by atoms with Crippen LogP contribution in [0.1, 0.15) is 41.5 Å². The van der Waals surface area contributed by atoms with E-state index >= 15 is 0 Å². The summed E-state index contributed by atoms with van der Waals surface area (Å²) in [5.41, 5.74) is 2.50. The van der Waals surface area contributed by atoms with Crippen molar-refractivity contribution in [3.05, 3.63) is 53.1 Å². The number of halogens is 1. The SMILES string of the molecule is C=CC(=O)N1C[C@@H](C)N(C(C)=O)[C@H](c2cc(-c3cc(C(=O)NC)ncn3)nc(Cl)c2C)C1. The van der Waals surface area contributed by atoms with Gasteiger partial charge in [0.1, 0.15) is 17.2 Å². The van der Waals surface area contributed by atoms with Gasteiger partial charge in [0.2, 0.25) is 11.8 Å². The van der Waals surface area contributed by atoms with Gasteiger partial charge in [-0.3, -0.25) is 14.4 Å². The van der Waals surface area contributed by atoms with Gasteiger partial charge in [0.05, 0.1) is 17.4 Å². The number of nitrogens with one attached hydrogen (secondary N) is 1. The summed E-state index contributed by atoms with van der Waals surface area (Å²) in [4.78, 5) is 52.9. The van der Waals surface area contributed by atoms with Crippen LogP contribution < -0.4 is 5.32 Å². The Bertz CT molecular complexity index is 1090. The van der Waals surface area contributed by atoms with Crippen LogP contribution in [-0.2, 0) is 9.59 Å². The van der Waals surface area contributed by atoms with Gasteiger partial charge in [0.15, 0.2) is 0 Å². The summed E-state index contributed by atoms with van der Waals surface area (Å²) in [6.07, 6.45) is 2.55. The van der Waals surface area contributed by atoms with Gasteiger partial charge in [-0.05, 0) is 43.2 Å². The lowest BCUT2D eigenvalue weighted by Gasteiger charge is -2.45. The molecular weight excluding hydrogens is 432 g/mol. The molecule has 3 heterocycles. The summed E-state index contributed by atoms with van der Waals surface area (Å²) in [6, 6.07) is 2.69. The summed E-state index contributed by atoms with van der Waals surface area (Å²) in [5.74, 6) is -0.658. The minimum Gasteiger partial charge on any atom is -0.354 e. The van der Waals surface area contributed by atoms with Gasteiger partial charge in [-0.2, -0.15) is 0 Å². The Balaban J connectivity index is 2.12. The molecule has 2 aromatic heterocycles. The van der Waals surface area contributed by atoms with E-state index in [1.807, 2.05) is 13.8 Å². The molecule has 0 aliphatic carbocycles. The smallest absolute Gasteiger partial charge is 0.269 e. The van der Waals surface area contributed by atoms with Crippen molar-refractivity contribution in [3.8, 4) is 11.4 Å². The highest BCUT2D eigenvalue weighted by molar-refractivity contribution is 6.30. The van der Waals surface area contributed by atoms with Crippen molar-refractivity contribution in [2.75, 3.05) is 20.1 Å². The number of rotatable bonds is 4. The maximum atomic E-state index is 12.5. The molecule has 0 saturated carbocycles. The largest absolute Gasteiger partial charge is 0.354 e.